The van der Waals surface area contributed by atoms with Crippen LogP contribution < -0.4 is 10.3 Å². The Balaban J connectivity index is 1.06. The molecule has 0 saturated carbocycles. The molecule has 6 atom stereocenters. The highest BCUT2D eigenvalue weighted by Crippen LogP contribution is 2.55. The summed E-state index contributed by atoms with van der Waals surface area (Å²) < 4.78 is 66.0. The topological polar surface area (TPSA) is 208 Å². The summed E-state index contributed by atoms with van der Waals surface area (Å²) in [6.45, 7) is 5.42. The van der Waals surface area contributed by atoms with E-state index in [1.54, 1.807) is 61.0 Å². The van der Waals surface area contributed by atoms with Crippen LogP contribution in [0, 0.1) is 22.7 Å². The van der Waals surface area contributed by atoms with E-state index in [1.165, 1.54) is 102 Å². The first-order chi connectivity index (χ1) is 32.5. The van der Waals surface area contributed by atoms with Crippen LogP contribution in [0.15, 0.2) is 61.2 Å². The second-order valence-corrected chi connectivity index (χ2v) is 19.8. The van der Waals surface area contributed by atoms with Gasteiger partial charge in [-0.1, -0.05) is 127 Å². The highest BCUT2D eigenvalue weighted by atomic mass is 35.5. The lowest BCUT2D eigenvalue weighted by molar-refractivity contribution is -0.204. The van der Waals surface area contributed by atoms with Gasteiger partial charge in [-0.05, 0) is 56.2 Å². The number of fused-ring (bicyclic) bond motifs is 2. The van der Waals surface area contributed by atoms with Crippen LogP contribution in [0.2, 0.25) is 5.02 Å². The van der Waals surface area contributed by atoms with Gasteiger partial charge in [0, 0.05) is 19.0 Å². The van der Waals surface area contributed by atoms with Crippen molar-refractivity contribution < 1.29 is 41.8 Å². The van der Waals surface area contributed by atoms with Gasteiger partial charge in [0.15, 0.2) is 11.6 Å². The number of halogens is 1. The number of phosphoric acid groups is 1. The number of nitrogens with zero attached hydrogens (tertiary/aromatic N) is 6. The highest BCUT2D eigenvalue weighted by Gasteiger charge is 2.65. The second kappa shape index (κ2) is 26.0. The Hall–Kier alpha value is -4.19. The molecule has 2 fully saturated rings. The lowest BCUT2D eigenvalue weighted by atomic mass is 9.96. The van der Waals surface area contributed by atoms with E-state index < -0.39 is 50.2 Å². The molecule has 364 valence electrons. The number of aromatic nitrogens is 4. The molecule has 0 bridgehead atoms. The summed E-state index contributed by atoms with van der Waals surface area (Å²) in [4.78, 5) is 8.22. The van der Waals surface area contributed by atoms with Crippen LogP contribution in [0.4, 0.5) is 5.82 Å². The smallest absolute Gasteiger partial charge is 0.402 e. The maximum absolute atomic E-state index is 14.9. The van der Waals surface area contributed by atoms with E-state index in [2.05, 4.69) is 34.1 Å². The first-order valence-electron chi connectivity index (χ1n) is 23.9. The summed E-state index contributed by atoms with van der Waals surface area (Å²) in [5, 5.41) is 24.8. The maximum atomic E-state index is 14.9. The molecule has 2 unspecified atom stereocenters. The average molecular weight is 965 g/mol. The van der Waals surface area contributed by atoms with E-state index in [9.17, 15) is 15.1 Å². The minimum atomic E-state index is -4.66. The van der Waals surface area contributed by atoms with Crippen molar-refractivity contribution in [3.8, 4) is 17.9 Å². The van der Waals surface area contributed by atoms with Gasteiger partial charge in [0.2, 0.25) is 5.60 Å². The molecule has 0 amide bonds. The predicted octanol–water partition coefficient (Wildman–Crippen LogP) is 11.2. The Labute approximate surface area is 400 Å². The van der Waals surface area contributed by atoms with E-state index in [-0.39, 0.29) is 36.4 Å². The molecule has 5 heterocycles. The van der Waals surface area contributed by atoms with Crippen LogP contribution in [0.1, 0.15) is 146 Å². The van der Waals surface area contributed by atoms with Gasteiger partial charge in [0.25, 0.3) is 0 Å². The van der Waals surface area contributed by atoms with E-state index in [1.807, 2.05) is 0 Å². The summed E-state index contributed by atoms with van der Waals surface area (Å²) in [6.07, 6.45) is 21.3. The molecule has 0 aliphatic carbocycles. The first-order valence-corrected chi connectivity index (χ1v) is 25.7. The number of pyridine rings is 1. The van der Waals surface area contributed by atoms with Gasteiger partial charge >= 0.3 is 7.82 Å². The molecular weight excluding hydrogens is 897 g/mol. The van der Waals surface area contributed by atoms with Crippen LogP contribution >= 0.6 is 19.4 Å². The number of unbranched alkanes of at least 4 members (excludes halogenated alkanes) is 15. The van der Waals surface area contributed by atoms with Crippen molar-refractivity contribution in [2.75, 3.05) is 32.2 Å². The normalized spacial score (nSPS) is 21.1. The Morgan fingerprint density at radius 1 is 0.881 bits per heavy atom. The molecule has 1 aromatic carbocycles. The third-order valence-electron chi connectivity index (χ3n) is 12.0. The molecule has 2 aliphatic rings. The number of nitriles is 2. The fourth-order valence-corrected chi connectivity index (χ4v) is 9.93. The maximum Gasteiger partial charge on any atom is 0.530 e. The van der Waals surface area contributed by atoms with E-state index in [0.717, 1.165) is 19.3 Å². The first kappa shape index (κ1) is 52.2. The molecule has 67 heavy (non-hydrogen) atoms. The van der Waals surface area contributed by atoms with E-state index in [0.29, 0.717) is 28.9 Å². The van der Waals surface area contributed by atoms with Crippen molar-refractivity contribution in [3.63, 3.8) is 0 Å². The number of para-hydroxylation sites is 1. The summed E-state index contributed by atoms with van der Waals surface area (Å²) in [7, 11) is -4.66. The molecule has 2 N–H and O–H groups in total. The third-order valence-corrected chi connectivity index (χ3v) is 13.6. The largest absolute Gasteiger partial charge is 0.530 e. The van der Waals surface area contributed by atoms with Crippen molar-refractivity contribution in [2.24, 2.45) is 0 Å². The Bertz CT molecular complexity index is 2290. The Kier molecular flexibility index (Phi) is 20.2. The van der Waals surface area contributed by atoms with E-state index in [4.69, 9.17) is 54.6 Å². The number of rotatable bonds is 31. The van der Waals surface area contributed by atoms with Gasteiger partial charge in [0.05, 0.1) is 36.1 Å². The second-order valence-electron chi connectivity index (χ2n) is 17.8. The molecule has 18 heteroatoms. The molecule has 16 nitrogen and oxygen atoms in total. The van der Waals surface area contributed by atoms with Gasteiger partial charge in [-0.2, -0.15) is 15.6 Å². The van der Waals surface area contributed by atoms with Gasteiger partial charge in [-0.3, -0.25) is 14.0 Å². The fraction of sp³-hybridized carbons (Fsp3) is 0.612. The van der Waals surface area contributed by atoms with Gasteiger partial charge in [0.1, 0.15) is 60.8 Å². The number of nitrogens with two attached hydrogens (primary N) is 1. The molecule has 4 aromatic rings. The minimum absolute atomic E-state index is 0.0247. The lowest BCUT2D eigenvalue weighted by Gasteiger charge is -2.30. The zero-order valence-electron chi connectivity index (χ0n) is 39.2. The number of benzene rings is 1. The Morgan fingerprint density at radius 3 is 2.24 bits per heavy atom. The summed E-state index contributed by atoms with van der Waals surface area (Å²) in [5.74, 6) is -0.838. The fourth-order valence-electron chi connectivity index (χ4n) is 8.42. The van der Waals surface area contributed by atoms with Crippen LogP contribution in [0.5, 0.6) is 5.75 Å². The average Bonchev–Trinajstić information content (AvgIpc) is 3.99. The van der Waals surface area contributed by atoms with Crippen LogP contribution in [-0.4, -0.2) is 75.7 Å². The van der Waals surface area contributed by atoms with Crippen molar-refractivity contribution >= 4 is 30.8 Å². The molecule has 2 saturated heterocycles. The zero-order valence-corrected chi connectivity index (χ0v) is 40.8. The van der Waals surface area contributed by atoms with Crippen molar-refractivity contribution in [1.29, 1.82) is 10.5 Å². The predicted molar refractivity (Wildman–Crippen MR) is 253 cm³/mol. The highest BCUT2D eigenvalue weighted by molar-refractivity contribution is 7.49. The standard InChI is InChI=1S/C49H67ClN7O9P/c1-4-5-6-7-8-9-10-11-12-13-14-15-16-17-18-21-26-59-32-39(60-31-38-27-37(28-51)29-54-30-38)33-61-67(58,66-43-23-20-19-22-40(43)50)62-35-49(34-52)46-45(63-48(2,3)65-46)44(64-49)41-24-25-42-47(53)55-36-56-57(41)42/h19-20,22-25,27,29-30,36,39,44-46H,4-18,21,26,31-33,35H2,1-3H3,(H2,53,55,56)/t39-,44?,45+,46+,49-,67?/m1/s1. The SMILES string of the molecule is CCCCCCCCCCCCCCCCCCOC[C@H](COP(=O)(OC[C@@]1(C#N)OC(c2ccc3c(N)ncnn23)[C@@H]2OC(C)(C)O[C@@H]21)Oc1ccccc1Cl)OCc1cncc(C#N)c1. The van der Waals surface area contributed by atoms with Crippen LogP contribution in [-0.2, 0) is 43.9 Å². The monoisotopic (exact) mass is 963 g/mol. The summed E-state index contributed by atoms with van der Waals surface area (Å²) in [5.41, 5.74) is 6.35. The number of nitrogen functional groups attached to an aromatic ring is 1. The zero-order chi connectivity index (χ0) is 47.5. The molecule has 0 spiro atoms. The van der Waals surface area contributed by atoms with Gasteiger partial charge < -0.3 is 33.9 Å². The number of anilines is 1. The quantitative estimate of drug-likeness (QED) is 0.0367. The number of hydrogen-bond acceptors (Lipinski definition) is 15. The number of hydrogen-bond donors (Lipinski definition) is 1. The Morgan fingerprint density at radius 2 is 1.57 bits per heavy atom. The number of ether oxygens (including phenoxy) is 5. The van der Waals surface area contributed by atoms with Gasteiger partial charge in [-0.25, -0.2) is 14.1 Å². The molecule has 3 aromatic heterocycles. The summed E-state index contributed by atoms with van der Waals surface area (Å²) in [6, 6.07) is 15.9. The minimum Gasteiger partial charge on any atom is -0.402 e. The van der Waals surface area contributed by atoms with E-state index >= 15 is 0 Å². The lowest BCUT2D eigenvalue weighted by Crippen LogP contribution is -2.46. The summed E-state index contributed by atoms with van der Waals surface area (Å²) >= 11 is 6.48. The molecule has 0 radical (unpaired) electrons. The van der Waals surface area contributed by atoms with Crippen molar-refractivity contribution in [1.82, 2.24) is 19.6 Å². The molecule has 6 rings (SSSR count). The number of phosphoric ester groups is 1. The van der Waals surface area contributed by atoms with Crippen molar-refractivity contribution in [2.45, 2.75) is 166 Å². The van der Waals surface area contributed by atoms with Crippen molar-refractivity contribution in [3.05, 3.63) is 83.0 Å². The third kappa shape index (κ3) is 15.1. The van der Waals surface area contributed by atoms with Crippen LogP contribution in [0.3, 0.4) is 0 Å². The van der Waals surface area contributed by atoms with Crippen LogP contribution in [0.25, 0.3) is 5.52 Å². The van der Waals surface area contributed by atoms with Gasteiger partial charge in [-0.15, -0.1) is 0 Å². The molecular formula is C49H67ClN7O9P. The molecule has 2 aliphatic heterocycles.